The lowest BCUT2D eigenvalue weighted by Gasteiger charge is -2.34. The molecule has 3 heteroatoms. The molecule has 0 heterocycles. The van der Waals surface area contributed by atoms with Crippen LogP contribution < -0.4 is 0 Å². The number of ketones is 1. The number of aliphatic hydroxyl groups excluding tert-OH is 1. The molecule has 0 spiro atoms. The highest BCUT2D eigenvalue weighted by atomic mass is 35.5. The Morgan fingerprint density at radius 1 is 1.29 bits per heavy atom. The van der Waals surface area contributed by atoms with Crippen molar-refractivity contribution in [3.63, 3.8) is 0 Å². The van der Waals surface area contributed by atoms with Crippen LogP contribution in [0.15, 0.2) is 30.3 Å². The molecule has 0 radical (unpaired) electrons. The van der Waals surface area contributed by atoms with Crippen molar-refractivity contribution in [3.8, 4) is 0 Å². The topological polar surface area (TPSA) is 37.3 Å². The maximum atomic E-state index is 12.3. The Morgan fingerprint density at radius 2 is 1.94 bits per heavy atom. The van der Waals surface area contributed by atoms with Crippen molar-refractivity contribution in [3.05, 3.63) is 35.9 Å². The van der Waals surface area contributed by atoms with Gasteiger partial charge < -0.3 is 5.11 Å². The lowest BCUT2D eigenvalue weighted by Crippen LogP contribution is -2.40. The van der Waals surface area contributed by atoms with Crippen molar-refractivity contribution < 1.29 is 9.90 Å². The lowest BCUT2D eigenvalue weighted by atomic mass is 9.74. The molecule has 1 aliphatic carbocycles. The maximum absolute atomic E-state index is 12.3. The molecule has 0 aliphatic heterocycles. The second kappa shape index (κ2) is 5.19. The number of rotatable bonds is 2. The minimum Gasteiger partial charge on any atom is -0.392 e. The van der Waals surface area contributed by atoms with Crippen molar-refractivity contribution in [1.29, 1.82) is 0 Å². The number of carbonyl (C=O) groups excluding carboxylic acids is 1. The molecule has 1 aromatic carbocycles. The van der Waals surface area contributed by atoms with E-state index >= 15 is 0 Å². The second-order valence-corrected chi connectivity index (χ2v) is 5.49. The summed E-state index contributed by atoms with van der Waals surface area (Å²) in [6, 6.07) is 9.17. The van der Waals surface area contributed by atoms with Crippen LogP contribution in [0, 0.1) is 11.8 Å². The monoisotopic (exact) mass is 252 g/mol. The average molecular weight is 253 g/mol. The molecule has 1 aromatic rings. The average Bonchev–Trinajstić information content (AvgIpc) is 2.28. The zero-order chi connectivity index (χ0) is 12.4. The van der Waals surface area contributed by atoms with Crippen molar-refractivity contribution in [2.45, 2.75) is 31.2 Å². The Hall–Kier alpha value is -0.860. The third kappa shape index (κ3) is 2.70. The predicted octanol–water partition coefficient (Wildman–Crippen LogP) is 2.88. The van der Waals surface area contributed by atoms with Gasteiger partial charge in [0.15, 0.2) is 5.78 Å². The van der Waals surface area contributed by atoms with Crippen LogP contribution in [-0.4, -0.2) is 22.4 Å². The van der Waals surface area contributed by atoms with Crippen LogP contribution in [0.1, 0.15) is 30.1 Å². The predicted molar refractivity (Wildman–Crippen MR) is 68.3 cm³/mol. The summed E-state index contributed by atoms with van der Waals surface area (Å²) in [6.07, 6.45) is 0.686. The molecule has 0 amide bonds. The van der Waals surface area contributed by atoms with Gasteiger partial charge in [0, 0.05) is 10.9 Å². The van der Waals surface area contributed by atoms with E-state index in [-0.39, 0.29) is 23.0 Å². The molecular weight excluding hydrogens is 236 g/mol. The number of Topliss-reactive ketones (excluding diaryl/α,β-unsaturated/α-hetero) is 1. The van der Waals surface area contributed by atoms with E-state index < -0.39 is 6.10 Å². The molecule has 92 valence electrons. The van der Waals surface area contributed by atoms with Crippen LogP contribution in [0.3, 0.4) is 0 Å². The summed E-state index contributed by atoms with van der Waals surface area (Å²) < 4.78 is 0. The number of aliphatic hydroxyl groups is 1. The molecule has 0 saturated heterocycles. The number of carbonyl (C=O) groups is 1. The molecule has 1 aliphatic rings. The first kappa shape index (κ1) is 12.6. The van der Waals surface area contributed by atoms with Crippen LogP contribution in [0.2, 0.25) is 0 Å². The highest BCUT2D eigenvalue weighted by Crippen LogP contribution is 2.35. The Morgan fingerprint density at radius 3 is 2.53 bits per heavy atom. The highest BCUT2D eigenvalue weighted by molar-refractivity contribution is 6.20. The lowest BCUT2D eigenvalue weighted by molar-refractivity contribution is 0.0352. The number of hydrogen-bond acceptors (Lipinski definition) is 2. The minimum atomic E-state index is -0.617. The molecule has 17 heavy (non-hydrogen) atoms. The van der Waals surface area contributed by atoms with Crippen LogP contribution in [0.5, 0.6) is 0 Å². The quantitative estimate of drug-likeness (QED) is 0.649. The van der Waals surface area contributed by atoms with Crippen LogP contribution in [0.25, 0.3) is 0 Å². The summed E-state index contributed by atoms with van der Waals surface area (Å²) in [6.45, 7) is 1.99. The molecule has 2 rings (SSSR count). The van der Waals surface area contributed by atoms with Crippen LogP contribution in [0.4, 0.5) is 0 Å². The minimum absolute atomic E-state index is 0.0141. The second-order valence-electron chi connectivity index (χ2n) is 4.87. The summed E-state index contributed by atoms with van der Waals surface area (Å²) in [7, 11) is 0. The van der Waals surface area contributed by atoms with Crippen molar-refractivity contribution >= 4 is 17.4 Å². The number of halogens is 1. The summed E-state index contributed by atoms with van der Waals surface area (Å²) in [5.41, 5.74) is 0.677. The fourth-order valence-corrected chi connectivity index (χ4v) is 3.13. The van der Waals surface area contributed by atoms with E-state index in [4.69, 9.17) is 11.6 Å². The molecular formula is C14H17ClO2. The first-order valence-electron chi connectivity index (χ1n) is 6.01. The molecule has 4 atom stereocenters. The van der Waals surface area contributed by atoms with E-state index in [2.05, 4.69) is 0 Å². The van der Waals surface area contributed by atoms with Crippen LogP contribution in [-0.2, 0) is 0 Å². The van der Waals surface area contributed by atoms with Gasteiger partial charge in [-0.05, 0) is 18.8 Å². The Balaban J connectivity index is 2.19. The largest absolute Gasteiger partial charge is 0.392 e. The molecule has 0 bridgehead atoms. The third-order valence-corrected chi connectivity index (χ3v) is 3.87. The normalized spacial score (nSPS) is 33.4. The van der Waals surface area contributed by atoms with Crippen molar-refractivity contribution in [2.24, 2.45) is 11.8 Å². The van der Waals surface area contributed by atoms with Gasteiger partial charge in [-0.15, -0.1) is 11.6 Å². The zero-order valence-electron chi connectivity index (χ0n) is 9.84. The molecule has 1 N–H and O–H groups in total. The molecule has 2 nitrogen and oxygen atoms in total. The van der Waals surface area contributed by atoms with Gasteiger partial charge in [0.25, 0.3) is 0 Å². The van der Waals surface area contributed by atoms with E-state index in [1.54, 1.807) is 12.1 Å². The fraction of sp³-hybridized carbons (Fsp3) is 0.500. The third-order valence-electron chi connectivity index (χ3n) is 3.51. The van der Waals surface area contributed by atoms with Crippen molar-refractivity contribution in [1.82, 2.24) is 0 Å². The van der Waals surface area contributed by atoms with Gasteiger partial charge in [-0.1, -0.05) is 37.3 Å². The summed E-state index contributed by atoms with van der Waals surface area (Å²) in [5, 5.41) is 10.0. The summed E-state index contributed by atoms with van der Waals surface area (Å²) >= 11 is 6.05. The first-order chi connectivity index (χ1) is 8.09. The molecule has 4 unspecified atom stereocenters. The van der Waals surface area contributed by atoms with E-state index in [9.17, 15) is 9.90 Å². The Bertz CT molecular complexity index is 378. The van der Waals surface area contributed by atoms with E-state index in [0.717, 1.165) is 6.42 Å². The van der Waals surface area contributed by atoms with E-state index in [0.29, 0.717) is 12.0 Å². The smallest absolute Gasteiger partial charge is 0.168 e. The van der Waals surface area contributed by atoms with Gasteiger partial charge >= 0.3 is 0 Å². The standard InChI is InChI=1S/C14H17ClO2/c1-9-7-11(15)8-12(16)13(9)14(17)10-5-3-2-4-6-10/h2-6,9,11-13,16H,7-8H2,1H3. The molecule has 1 fully saturated rings. The van der Waals surface area contributed by atoms with Crippen LogP contribution >= 0.6 is 11.6 Å². The van der Waals surface area contributed by atoms with Gasteiger partial charge in [0.05, 0.1) is 12.0 Å². The molecule has 1 saturated carbocycles. The van der Waals surface area contributed by atoms with Gasteiger partial charge in [0.1, 0.15) is 0 Å². The first-order valence-corrected chi connectivity index (χ1v) is 6.44. The number of hydrogen-bond donors (Lipinski definition) is 1. The Kier molecular flexibility index (Phi) is 3.85. The van der Waals surface area contributed by atoms with Gasteiger partial charge in [-0.25, -0.2) is 0 Å². The van der Waals surface area contributed by atoms with Gasteiger partial charge in [-0.2, -0.15) is 0 Å². The highest BCUT2D eigenvalue weighted by Gasteiger charge is 2.38. The number of alkyl halides is 1. The molecule has 0 aromatic heterocycles. The fourth-order valence-electron chi connectivity index (χ4n) is 2.66. The SMILES string of the molecule is CC1CC(Cl)CC(O)C1C(=O)c1ccccc1. The summed E-state index contributed by atoms with van der Waals surface area (Å²) in [5.74, 6) is -0.143. The maximum Gasteiger partial charge on any atom is 0.168 e. The van der Waals surface area contributed by atoms with E-state index in [1.165, 1.54) is 0 Å². The van der Waals surface area contributed by atoms with Crippen molar-refractivity contribution in [2.75, 3.05) is 0 Å². The van der Waals surface area contributed by atoms with E-state index in [1.807, 2.05) is 25.1 Å². The Labute approximate surface area is 107 Å². The number of benzene rings is 1. The zero-order valence-corrected chi connectivity index (χ0v) is 10.6. The summed E-state index contributed by atoms with van der Waals surface area (Å²) in [4.78, 5) is 12.3. The van der Waals surface area contributed by atoms with Gasteiger partial charge in [0.2, 0.25) is 0 Å². The van der Waals surface area contributed by atoms with Gasteiger partial charge in [-0.3, -0.25) is 4.79 Å².